The van der Waals surface area contributed by atoms with Crippen molar-refractivity contribution in [2.24, 2.45) is 0 Å². The van der Waals surface area contributed by atoms with Crippen LogP contribution in [0.2, 0.25) is 0 Å². The van der Waals surface area contributed by atoms with E-state index in [1.54, 1.807) is 6.92 Å². The lowest BCUT2D eigenvalue weighted by molar-refractivity contribution is -0.109. The summed E-state index contributed by atoms with van der Waals surface area (Å²) in [4.78, 5) is 11.0. The first-order chi connectivity index (χ1) is 7.72. The fourth-order valence-corrected chi connectivity index (χ4v) is 2.10. The molecule has 0 spiro atoms. The third-order valence-corrected chi connectivity index (χ3v) is 3.29. The van der Waals surface area contributed by atoms with Crippen LogP contribution in [0.15, 0.2) is 30.3 Å². The largest absolute Gasteiger partial charge is 0.288 e. The molecule has 0 heterocycles. The maximum atomic E-state index is 11.0. The van der Waals surface area contributed by atoms with Crippen LogP contribution in [-0.2, 0) is 4.79 Å². The Kier molecular flexibility index (Phi) is 5.74. The maximum absolute atomic E-state index is 11.0. The minimum Gasteiger partial charge on any atom is -0.288 e. The summed E-state index contributed by atoms with van der Waals surface area (Å²) in [6.45, 7) is 3.70. The van der Waals surface area contributed by atoms with Gasteiger partial charge in [0.25, 0.3) is 0 Å². The van der Waals surface area contributed by atoms with Crippen molar-refractivity contribution >= 4 is 16.9 Å². The number of benzene rings is 1. The van der Waals surface area contributed by atoms with E-state index in [4.69, 9.17) is 0 Å². The summed E-state index contributed by atoms with van der Waals surface area (Å²) in [5.41, 5.74) is 1.03. The monoisotopic (exact) mass is 232 g/mol. The van der Waals surface area contributed by atoms with Crippen LogP contribution in [0.1, 0.15) is 32.3 Å². The molecule has 1 atom stereocenters. The third-order valence-electron chi connectivity index (χ3n) is 2.12. The van der Waals surface area contributed by atoms with E-state index in [1.807, 2.05) is 30.3 Å². The SMILES string of the molecule is CCC(CC#Cc1ccccc1)SC(C)=O. The summed E-state index contributed by atoms with van der Waals surface area (Å²) in [5.74, 6) is 6.24. The van der Waals surface area contributed by atoms with Crippen molar-refractivity contribution in [1.29, 1.82) is 0 Å². The molecular formula is C14H16OS. The van der Waals surface area contributed by atoms with Crippen LogP contribution in [0.5, 0.6) is 0 Å². The molecule has 1 unspecified atom stereocenters. The second-order valence-corrected chi connectivity index (χ2v) is 4.99. The Labute approximate surface area is 102 Å². The van der Waals surface area contributed by atoms with Gasteiger partial charge in [-0.3, -0.25) is 4.79 Å². The fourth-order valence-electron chi connectivity index (χ4n) is 1.29. The molecule has 84 valence electrons. The summed E-state index contributed by atoms with van der Waals surface area (Å²) in [5, 5.41) is 0.502. The van der Waals surface area contributed by atoms with Crippen LogP contribution in [0.3, 0.4) is 0 Å². The minimum atomic E-state index is 0.174. The zero-order chi connectivity index (χ0) is 11.8. The van der Waals surface area contributed by atoms with Crippen molar-refractivity contribution in [1.82, 2.24) is 0 Å². The molecule has 1 aromatic rings. The number of thioether (sulfide) groups is 1. The Morgan fingerprint density at radius 3 is 2.62 bits per heavy atom. The summed E-state index contributed by atoms with van der Waals surface area (Å²) in [6.07, 6.45) is 1.75. The van der Waals surface area contributed by atoms with Crippen LogP contribution >= 0.6 is 11.8 Å². The summed E-state index contributed by atoms with van der Waals surface area (Å²) < 4.78 is 0. The number of hydrogen-bond acceptors (Lipinski definition) is 2. The standard InChI is InChI=1S/C14H16OS/c1-3-14(16-12(2)15)11-7-10-13-8-5-4-6-9-13/h4-6,8-9,14H,3,11H2,1-2H3. The van der Waals surface area contributed by atoms with Gasteiger partial charge in [-0.05, 0) is 18.6 Å². The van der Waals surface area contributed by atoms with Gasteiger partial charge in [0, 0.05) is 24.2 Å². The highest BCUT2D eigenvalue weighted by Crippen LogP contribution is 2.18. The Morgan fingerprint density at radius 2 is 2.06 bits per heavy atom. The Balaban J connectivity index is 2.49. The lowest BCUT2D eigenvalue weighted by atomic mass is 10.2. The zero-order valence-corrected chi connectivity index (χ0v) is 10.5. The van der Waals surface area contributed by atoms with Gasteiger partial charge in [-0.15, -0.1) is 0 Å². The van der Waals surface area contributed by atoms with Gasteiger partial charge in [0.15, 0.2) is 5.12 Å². The van der Waals surface area contributed by atoms with Crippen LogP contribution in [-0.4, -0.2) is 10.4 Å². The van der Waals surface area contributed by atoms with Gasteiger partial charge >= 0.3 is 0 Å². The first-order valence-corrected chi connectivity index (χ1v) is 6.31. The molecule has 0 saturated carbocycles. The van der Waals surface area contributed by atoms with Crippen molar-refractivity contribution in [3.8, 4) is 11.8 Å². The number of hydrogen-bond donors (Lipinski definition) is 0. The predicted molar refractivity (Wildman–Crippen MR) is 70.3 cm³/mol. The number of rotatable bonds is 3. The van der Waals surface area contributed by atoms with Gasteiger partial charge in [0.05, 0.1) is 0 Å². The van der Waals surface area contributed by atoms with Crippen molar-refractivity contribution in [3.63, 3.8) is 0 Å². The molecule has 2 heteroatoms. The highest BCUT2D eigenvalue weighted by molar-refractivity contribution is 8.14. The zero-order valence-electron chi connectivity index (χ0n) is 9.69. The second kappa shape index (κ2) is 7.14. The fraction of sp³-hybridized carbons (Fsp3) is 0.357. The number of carbonyl (C=O) groups excluding carboxylic acids is 1. The molecule has 1 nitrogen and oxygen atoms in total. The highest BCUT2D eigenvalue weighted by Gasteiger charge is 2.07. The molecule has 0 N–H and O–H groups in total. The minimum absolute atomic E-state index is 0.174. The molecule has 0 saturated heterocycles. The van der Waals surface area contributed by atoms with Gasteiger partial charge < -0.3 is 0 Å². The average Bonchev–Trinajstić information content (AvgIpc) is 2.28. The molecule has 0 aliphatic carbocycles. The number of carbonyl (C=O) groups is 1. The maximum Gasteiger partial charge on any atom is 0.186 e. The lowest BCUT2D eigenvalue weighted by Gasteiger charge is -2.06. The Hall–Kier alpha value is -1.20. The molecule has 0 amide bonds. The van der Waals surface area contributed by atoms with Crippen LogP contribution in [0, 0.1) is 11.8 Å². The molecule has 1 rings (SSSR count). The van der Waals surface area contributed by atoms with Gasteiger partial charge in [-0.2, -0.15) is 0 Å². The molecule has 0 aromatic heterocycles. The van der Waals surface area contributed by atoms with Crippen molar-refractivity contribution in [2.75, 3.05) is 0 Å². The Morgan fingerprint density at radius 1 is 1.38 bits per heavy atom. The van der Waals surface area contributed by atoms with E-state index in [1.165, 1.54) is 11.8 Å². The van der Waals surface area contributed by atoms with Crippen molar-refractivity contribution in [2.45, 2.75) is 31.9 Å². The first-order valence-electron chi connectivity index (χ1n) is 5.43. The smallest absolute Gasteiger partial charge is 0.186 e. The normalized spacial score (nSPS) is 11.4. The van der Waals surface area contributed by atoms with Gasteiger partial charge in [-0.1, -0.05) is 48.7 Å². The van der Waals surface area contributed by atoms with E-state index in [9.17, 15) is 4.79 Å². The molecule has 16 heavy (non-hydrogen) atoms. The molecular weight excluding hydrogens is 216 g/mol. The quantitative estimate of drug-likeness (QED) is 0.742. The molecule has 1 aromatic carbocycles. The molecule has 0 fully saturated rings. The first kappa shape index (κ1) is 12.9. The predicted octanol–water partition coefficient (Wildman–Crippen LogP) is 3.49. The Bertz CT molecular complexity index is 386. The topological polar surface area (TPSA) is 17.1 Å². The van der Waals surface area contributed by atoms with E-state index in [2.05, 4.69) is 18.8 Å². The average molecular weight is 232 g/mol. The van der Waals surface area contributed by atoms with Gasteiger partial charge in [0.1, 0.15) is 0 Å². The van der Waals surface area contributed by atoms with E-state index < -0.39 is 0 Å². The van der Waals surface area contributed by atoms with Crippen LogP contribution in [0.25, 0.3) is 0 Å². The lowest BCUT2D eigenvalue weighted by Crippen LogP contribution is -2.02. The summed E-state index contributed by atoms with van der Waals surface area (Å²) in [7, 11) is 0. The highest BCUT2D eigenvalue weighted by atomic mass is 32.2. The molecule has 0 bridgehead atoms. The van der Waals surface area contributed by atoms with Crippen molar-refractivity contribution < 1.29 is 4.79 Å². The molecule has 0 aliphatic heterocycles. The van der Waals surface area contributed by atoms with E-state index in [-0.39, 0.29) is 5.12 Å². The van der Waals surface area contributed by atoms with Crippen molar-refractivity contribution in [3.05, 3.63) is 35.9 Å². The van der Waals surface area contributed by atoms with E-state index >= 15 is 0 Å². The van der Waals surface area contributed by atoms with Crippen LogP contribution < -0.4 is 0 Å². The molecule has 0 aliphatic rings. The van der Waals surface area contributed by atoms with Gasteiger partial charge in [-0.25, -0.2) is 0 Å². The van der Waals surface area contributed by atoms with Gasteiger partial charge in [0.2, 0.25) is 0 Å². The molecule has 0 radical (unpaired) electrons. The van der Waals surface area contributed by atoms with E-state index in [0.717, 1.165) is 18.4 Å². The van der Waals surface area contributed by atoms with Crippen LogP contribution in [0.4, 0.5) is 0 Å². The summed E-state index contributed by atoms with van der Waals surface area (Å²) in [6, 6.07) is 9.92. The second-order valence-electron chi connectivity index (χ2n) is 3.51. The third kappa shape index (κ3) is 5.04. The summed E-state index contributed by atoms with van der Waals surface area (Å²) >= 11 is 1.39. The van der Waals surface area contributed by atoms with E-state index in [0.29, 0.717) is 5.25 Å².